The van der Waals surface area contributed by atoms with Gasteiger partial charge in [0.05, 0.1) is 5.56 Å². The summed E-state index contributed by atoms with van der Waals surface area (Å²) < 4.78 is 0. The molecule has 2 aromatic carbocycles. The van der Waals surface area contributed by atoms with E-state index in [1.807, 2.05) is 24.3 Å². The lowest BCUT2D eigenvalue weighted by Crippen LogP contribution is -2.05. The fourth-order valence-corrected chi connectivity index (χ4v) is 1.87. The summed E-state index contributed by atoms with van der Waals surface area (Å²) >= 11 is 0. The second kappa shape index (κ2) is 5.84. The van der Waals surface area contributed by atoms with Gasteiger partial charge < -0.3 is 10.8 Å². The van der Waals surface area contributed by atoms with E-state index in [0.29, 0.717) is 0 Å². The number of hydrogen-bond acceptors (Lipinski definition) is 2. The van der Waals surface area contributed by atoms with Gasteiger partial charge in [0.25, 0.3) is 0 Å². The van der Waals surface area contributed by atoms with Crippen LogP contribution in [-0.2, 0) is 4.79 Å². The Hall–Kier alpha value is -2.88. The van der Waals surface area contributed by atoms with Crippen LogP contribution in [0.1, 0.15) is 15.9 Å². The minimum atomic E-state index is -0.960. The van der Waals surface area contributed by atoms with Gasteiger partial charge in [0.15, 0.2) is 0 Å². The van der Waals surface area contributed by atoms with Crippen molar-refractivity contribution in [3.05, 3.63) is 65.7 Å². The third-order valence-corrected chi connectivity index (χ3v) is 2.83. The molecule has 0 unspecified atom stereocenters. The summed E-state index contributed by atoms with van der Waals surface area (Å²) in [7, 11) is 0. The molecule has 2 rings (SSSR count). The molecule has 1 amide bonds. The summed E-state index contributed by atoms with van der Waals surface area (Å²) in [5.74, 6) is -1.47. The summed E-state index contributed by atoms with van der Waals surface area (Å²) in [5.41, 5.74) is 7.95. The van der Waals surface area contributed by atoms with Gasteiger partial charge in [-0.3, -0.25) is 4.79 Å². The van der Waals surface area contributed by atoms with Crippen molar-refractivity contribution in [2.24, 2.45) is 5.73 Å². The number of rotatable bonds is 4. The quantitative estimate of drug-likeness (QED) is 0.835. The Morgan fingerprint density at radius 1 is 1.00 bits per heavy atom. The molecule has 100 valence electrons. The number of primary amides is 1. The first-order valence-electron chi connectivity index (χ1n) is 5.98. The molecule has 4 heteroatoms. The SMILES string of the molecule is NC(=O)/C=C/c1ccccc1-c1ccc(C(=O)O)cc1. The summed E-state index contributed by atoms with van der Waals surface area (Å²) in [5, 5.41) is 8.88. The highest BCUT2D eigenvalue weighted by molar-refractivity contribution is 5.92. The predicted molar refractivity (Wildman–Crippen MR) is 77.1 cm³/mol. The van der Waals surface area contributed by atoms with E-state index in [0.717, 1.165) is 16.7 Å². The van der Waals surface area contributed by atoms with Gasteiger partial charge in [-0.05, 0) is 34.9 Å². The molecule has 0 bridgehead atoms. The predicted octanol–water partition coefficient (Wildman–Crippen LogP) is 2.55. The second-order valence-electron chi connectivity index (χ2n) is 4.21. The molecule has 0 saturated heterocycles. The molecule has 0 saturated carbocycles. The van der Waals surface area contributed by atoms with Gasteiger partial charge in [-0.15, -0.1) is 0 Å². The largest absolute Gasteiger partial charge is 0.478 e. The van der Waals surface area contributed by atoms with Crippen molar-refractivity contribution in [2.45, 2.75) is 0 Å². The van der Waals surface area contributed by atoms with Gasteiger partial charge in [-0.25, -0.2) is 4.79 Å². The van der Waals surface area contributed by atoms with Gasteiger partial charge in [0.1, 0.15) is 0 Å². The number of carboxylic acid groups (broad SMARTS) is 1. The molecule has 20 heavy (non-hydrogen) atoms. The molecule has 0 heterocycles. The minimum Gasteiger partial charge on any atom is -0.478 e. The van der Waals surface area contributed by atoms with Crippen LogP contribution in [0.25, 0.3) is 17.2 Å². The third-order valence-electron chi connectivity index (χ3n) is 2.83. The van der Waals surface area contributed by atoms with Gasteiger partial charge in [-0.1, -0.05) is 36.4 Å². The lowest BCUT2D eigenvalue weighted by molar-refractivity contribution is -0.113. The molecule has 4 nitrogen and oxygen atoms in total. The average Bonchev–Trinajstić information content (AvgIpc) is 2.45. The van der Waals surface area contributed by atoms with E-state index in [1.54, 1.807) is 30.3 Å². The van der Waals surface area contributed by atoms with Gasteiger partial charge in [-0.2, -0.15) is 0 Å². The molecular weight excluding hydrogens is 254 g/mol. The Kier molecular flexibility index (Phi) is 3.96. The summed E-state index contributed by atoms with van der Waals surface area (Å²) in [6, 6.07) is 14.1. The number of carbonyl (C=O) groups is 2. The molecule has 0 fully saturated rings. The number of nitrogens with two attached hydrogens (primary N) is 1. The zero-order chi connectivity index (χ0) is 14.5. The van der Waals surface area contributed by atoms with Crippen LogP contribution in [-0.4, -0.2) is 17.0 Å². The van der Waals surface area contributed by atoms with Crippen molar-refractivity contribution >= 4 is 18.0 Å². The molecule has 3 N–H and O–H groups in total. The highest BCUT2D eigenvalue weighted by Crippen LogP contribution is 2.25. The first-order chi connectivity index (χ1) is 9.58. The lowest BCUT2D eigenvalue weighted by atomic mass is 9.98. The Labute approximate surface area is 116 Å². The second-order valence-corrected chi connectivity index (χ2v) is 4.21. The number of aromatic carboxylic acids is 1. The zero-order valence-corrected chi connectivity index (χ0v) is 10.6. The summed E-state index contributed by atoms with van der Waals surface area (Å²) in [4.78, 5) is 21.6. The van der Waals surface area contributed by atoms with Gasteiger partial charge >= 0.3 is 5.97 Å². The van der Waals surface area contributed by atoms with Crippen LogP contribution < -0.4 is 5.73 Å². The van der Waals surface area contributed by atoms with E-state index < -0.39 is 11.9 Å². The number of hydrogen-bond donors (Lipinski definition) is 2. The van der Waals surface area contributed by atoms with Crippen molar-refractivity contribution in [3.8, 4) is 11.1 Å². The van der Waals surface area contributed by atoms with Crippen LogP contribution in [0.2, 0.25) is 0 Å². The summed E-state index contributed by atoms with van der Waals surface area (Å²) in [6.07, 6.45) is 2.94. The Bertz CT molecular complexity index is 672. The fourth-order valence-electron chi connectivity index (χ4n) is 1.87. The van der Waals surface area contributed by atoms with Crippen LogP contribution in [0.4, 0.5) is 0 Å². The monoisotopic (exact) mass is 267 g/mol. The van der Waals surface area contributed by atoms with Gasteiger partial charge in [0, 0.05) is 6.08 Å². The molecule has 2 aromatic rings. The molecule has 0 aromatic heterocycles. The van der Waals surface area contributed by atoms with Crippen molar-refractivity contribution in [2.75, 3.05) is 0 Å². The highest BCUT2D eigenvalue weighted by Gasteiger charge is 2.05. The van der Waals surface area contributed by atoms with E-state index in [4.69, 9.17) is 10.8 Å². The molecule has 0 aliphatic heterocycles. The Morgan fingerprint density at radius 3 is 2.25 bits per heavy atom. The number of carbonyl (C=O) groups excluding carboxylic acids is 1. The zero-order valence-electron chi connectivity index (χ0n) is 10.6. The molecule has 0 aliphatic rings. The molecule has 0 radical (unpaired) electrons. The molecule has 0 aliphatic carbocycles. The molecular formula is C16H13NO3. The maximum absolute atomic E-state index is 10.8. The van der Waals surface area contributed by atoms with E-state index in [2.05, 4.69) is 0 Å². The van der Waals surface area contributed by atoms with Crippen molar-refractivity contribution in [3.63, 3.8) is 0 Å². The van der Waals surface area contributed by atoms with E-state index in [1.165, 1.54) is 6.08 Å². The number of carboxylic acids is 1. The standard InChI is InChI=1S/C16H13NO3/c17-15(18)10-9-11-3-1-2-4-14(11)12-5-7-13(8-6-12)16(19)20/h1-10H,(H2,17,18)(H,19,20)/b10-9+. The Morgan fingerprint density at radius 2 is 1.65 bits per heavy atom. The maximum atomic E-state index is 10.8. The highest BCUT2D eigenvalue weighted by atomic mass is 16.4. The molecule has 0 atom stereocenters. The van der Waals surface area contributed by atoms with E-state index in [9.17, 15) is 9.59 Å². The fraction of sp³-hybridized carbons (Fsp3) is 0. The van der Waals surface area contributed by atoms with Crippen LogP contribution >= 0.6 is 0 Å². The average molecular weight is 267 g/mol. The van der Waals surface area contributed by atoms with Crippen molar-refractivity contribution in [1.29, 1.82) is 0 Å². The van der Waals surface area contributed by atoms with Crippen LogP contribution in [0.3, 0.4) is 0 Å². The van der Waals surface area contributed by atoms with Crippen LogP contribution in [0, 0.1) is 0 Å². The van der Waals surface area contributed by atoms with E-state index >= 15 is 0 Å². The van der Waals surface area contributed by atoms with Crippen LogP contribution in [0.5, 0.6) is 0 Å². The first kappa shape index (κ1) is 13.5. The van der Waals surface area contributed by atoms with Crippen molar-refractivity contribution in [1.82, 2.24) is 0 Å². The lowest BCUT2D eigenvalue weighted by Gasteiger charge is -2.06. The number of amides is 1. The number of benzene rings is 2. The maximum Gasteiger partial charge on any atom is 0.335 e. The normalized spacial score (nSPS) is 10.6. The summed E-state index contributed by atoms with van der Waals surface area (Å²) in [6.45, 7) is 0. The van der Waals surface area contributed by atoms with Gasteiger partial charge in [0.2, 0.25) is 5.91 Å². The van der Waals surface area contributed by atoms with E-state index in [-0.39, 0.29) is 5.56 Å². The first-order valence-corrected chi connectivity index (χ1v) is 5.98. The smallest absolute Gasteiger partial charge is 0.335 e. The Balaban J connectivity index is 2.42. The topological polar surface area (TPSA) is 80.4 Å². The minimum absolute atomic E-state index is 0.235. The molecule has 0 spiro atoms. The van der Waals surface area contributed by atoms with Crippen molar-refractivity contribution < 1.29 is 14.7 Å². The van der Waals surface area contributed by atoms with Crippen LogP contribution in [0.15, 0.2) is 54.6 Å². The third kappa shape index (κ3) is 3.11.